The van der Waals surface area contributed by atoms with E-state index in [1.54, 1.807) is 0 Å². The third kappa shape index (κ3) is 3.33. The fraction of sp³-hybridized carbons (Fsp3) is 0.571. The molecule has 8 heteroatoms. The second kappa shape index (κ2) is 6.27. The normalized spacial score (nSPS) is 16.0. The highest BCUT2D eigenvalue weighted by Crippen LogP contribution is 2.15. The summed E-state index contributed by atoms with van der Waals surface area (Å²) in [6.07, 6.45) is 1.81. The van der Waals surface area contributed by atoms with Gasteiger partial charge < -0.3 is 14.2 Å². The third-order valence-electron chi connectivity index (χ3n) is 3.67. The van der Waals surface area contributed by atoms with E-state index >= 15 is 0 Å². The van der Waals surface area contributed by atoms with Crippen LogP contribution in [0.1, 0.15) is 11.8 Å². The molecule has 0 spiro atoms. The highest BCUT2D eigenvalue weighted by molar-refractivity contribution is 5.42. The summed E-state index contributed by atoms with van der Waals surface area (Å²) in [6, 6.07) is 1.91. The highest BCUT2D eigenvalue weighted by atomic mass is 16.4. The molecule has 0 radical (unpaired) electrons. The van der Waals surface area contributed by atoms with Crippen LogP contribution in [-0.4, -0.2) is 65.3 Å². The van der Waals surface area contributed by atoms with E-state index in [0.717, 1.165) is 37.9 Å². The van der Waals surface area contributed by atoms with E-state index < -0.39 is 0 Å². The lowest BCUT2D eigenvalue weighted by Gasteiger charge is -2.34. The SMILES string of the molecule is Cc1nnc(CN2CCN(c3nccc(N(C)C)n3)CC2)o1. The Kier molecular flexibility index (Phi) is 4.19. The molecule has 8 nitrogen and oxygen atoms in total. The van der Waals surface area contributed by atoms with Gasteiger partial charge in [-0.25, -0.2) is 4.98 Å². The van der Waals surface area contributed by atoms with Crippen LogP contribution in [0, 0.1) is 6.92 Å². The molecule has 1 fully saturated rings. The van der Waals surface area contributed by atoms with Crippen molar-refractivity contribution in [1.29, 1.82) is 0 Å². The van der Waals surface area contributed by atoms with E-state index in [4.69, 9.17) is 4.42 Å². The molecule has 0 atom stereocenters. The van der Waals surface area contributed by atoms with Crippen molar-refractivity contribution in [2.24, 2.45) is 0 Å². The molecule has 118 valence electrons. The molecule has 1 saturated heterocycles. The van der Waals surface area contributed by atoms with Crippen LogP contribution in [0.3, 0.4) is 0 Å². The number of hydrogen-bond donors (Lipinski definition) is 0. The summed E-state index contributed by atoms with van der Waals surface area (Å²) in [7, 11) is 3.97. The van der Waals surface area contributed by atoms with Crippen LogP contribution >= 0.6 is 0 Å². The summed E-state index contributed by atoms with van der Waals surface area (Å²) >= 11 is 0. The Hall–Kier alpha value is -2.22. The lowest BCUT2D eigenvalue weighted by Crippen LogP contribution is -2.46. The summed E-state index contributed by atoms with van der Waals surface area (Å²) in [5, 5.41) is 7.91. The molecule has 3 rings (SSSR count). The number of rotatable bonds is 4. The largest absolute Gasteiger partial charge is 0.424 e. The molecule has 22 heavy (non-hydrogen) atoms. The maximum Gasteiger partial charge on any atom is 0.230 e. The van der Waals surface area contributed by atoms with Crippen molar-refractivity contribution in [1.82, 2.24) is 25.1 Å². The van der Waals surface area contributed by atoms with Gasteiger partial charge in [0, 0.05) is 53.4 Å². The van der Waals surface area contributed by atoms with E-state index in [1.807, 2.05) is 38.2 Å². The molecule has 0 saturated carbocycles. The van der Waals surface area contributed by atoms with Gasteiger partial charge in [-0.2, -0.15) is 4.98 Å². The lowest BCUT2D eigenvalue weighted by atomic mass is 10.3. The minimum absolute atomic E-state index is 0.613. The summed E-state index contributed by atoms with van der Waals surface area (Å²) < 4.78 is 5.43. The molecule has 0 N–H and O–H groups in total. The van der Waals surface area contributed by atoms with Gasteiger partial charge in [0.05, 0.1) is 6.54 Å². The summed E-state index contributed by atoms with van der Waals surface area (Å²) in [5.41, 5.74) is 0. The van der Waals surface area contributed by atoms with Crippen molar-refractivity contribution in [2.75, 3.05) is 50.1 Å². The van der Waals surface area contributed by atoms with Gasteiger partial charge in [0.1, 0.15) is 5.82 Å². The first kappa shape index (κ1) is 14.7. The van der Waals surface area contributed by atoms with Crippen molar-refractivity contribution in [3.63, 3.8) is 0 Å². The van der Waals surface area contributed by atoms with Crippen LogP contribution in [0.5, 0.6) is 0 Å². The maximum absolute atomic E-state index is 5.43. The molecule has 2 aromatic rings. The predicted octanol–water partition coefficient (Wildman–Crippen LogP) is 0.556. The van der Waals surface area contributed by atoms with Crippen molar-refractivity contribution >= 4 is 11.8 Å². The summed E-state index contributed by atoms with van der Waals surface area (Å²) in [4.78, 5) is 15.5. The summed E-state index contributed by atoms with van der Waals surface area (Å²) in [6.45, 7) is 6.15. The smallest absolute Gasteiger partial charge is 0.230 e. The van der Waals surface area contributed by atoms with Gasteiger partial charge in [-0.15, -0.1) is 10.2 Å². The minimum Gasteiger partial charge on any atom is -0.424 e. The van der Waals surface area contributed by atoms with Gasteiger partial charge >= 0.3 is 0 Å². The number of hydrogen-bond acceptors (Lipinski definition) is 8. The third-order valence-corrected chi connectivity index (χ3v) is 3.67. The first-order chi connectivity index (χ1) is 10.6. The van der Waals surface area contributed by atoms with E-state index in [-0.39, 0.29) is 0 Å². The van der Waals surface area contributed by atoms with Gasteiger partial charge in [-0.05, 0) is 6.07 Å². The van der Waals surface area contributed by atoms with Gasteiger partial charge in [-0.3, -0.25) is 4.90 Å². The predicted molar refractivity (Wildman–Crippen MR) is 82.9 cm³/mol. The van der Waals surface area contributed by atoms with Crippen LogP contribution in [0.15, 0.2) is 16.7 Å². The average molecular weight is 303 g/mol. The van der Waals surface area contributed by atoms with E-state index in [0.29, 0.717) is 18.3 Å². The molecule has 3 heterocycles. The molecular formula is C14H21N7O. The van der Waals surface area contributed by atoms with E-state index in [2.05, 4.69) is 30.0 Å². The Balaban J connectivity index is 1.58. The van der Waals surface area contributed by atoms with Crippen LogP contribution < -0.4 is 9.80 Å². The number of piperazine rings is 1. The monoisotopic (exact) mass is 303 g/mol. The zero-order valence-corrected chi connectivity index (χ0v) is 13.2. The van der Waals surface area contributed by atoms with Crippen LogP contribution in [0.4, 0.5) is 11.8 Å². The van der Waals surface area contributed by atoms with Crippen LogP contribution in [0.25, 0.3) is 0 Å². The Morgan fingerprint density at radius 2 is 1.95 bits per heavy atom. The molecule has 1 aliphatic heterocycles. The summed E-state index contributed by atoms with van der Waals surface area (Å²) in [5.74, 6) is 3.01. The lowest BCUT2D eigenvalue weighted by molar-refractivity contribution is 0.224. The first-order valence-electron chi connectivity index (χ1n) is 7.38. The second-order valence-electron chi connectivity index (χ2n) is 5.59. The molecule has 0 amide bonds. The van der Waals surface area contributed by atoms with Crippen molar-refractivity contribution in [3.8, 4) is 0 Å². The molecular weight excluding hydrogens is 282 g/mol. The average Bonchev–Trinajstić information content (AvgIpc) is 2.93. The van der Waals surface area contributed by atoms with Gasteiger partial charge in [0.25, 0.3) is 0 Å². The van der Waals surface area contributed by atoms with Gasteiger partial charge in [0.15, 0.2) is 0 Å². The Morgan fingerprint density at radius 1 is 1.18 bits per heavy atom. The van der Waals surface area contributed by atoms with E-state index in [9.17, 15) is 0 Å². The quantitative estimate of drug-likeness (QED) is 0.811. The fourth-order valence-electron chi connectivity index (χ4n) is 2.44. The van der Waals surface area contributed by atoms with Gasteiger partial charge in [0.2, 0.25) is 17.7 Å². The standard InChI is InChI=1S/C14H21N7O/c1-11-17-18-13(22-11)10-20-6-8-21(9-7-20)14-15-5-4-12(16-14)19(2)3/h4-5H,6-10H2,1-3H3. The molecule has 1 aliphatic rings. The topological polar surface area (TPSA) is 74.4 Å². The fourth-order valence-corrected chi connectivity index (χ4v) is 2.44. The number of aryl methyl sites for hydroxylation is 1. The number of aromatic nitrogens is 4. The van der Waals surface area contributed by atoms with Crippen molar-refractivity contribution in [3.05, 3.63) is 24.0 Å². The Bertz CT molecular complexity index is 619. The first-order valence-corrected chi connectivity index (χ1v) is 7.38. The second-order valence-corrected chi connectivity index (χ2v) is 5.59. The zero-order chi connectivity index (χ0) is 15.5. The Labute approximate surface area is 129 Å². The number of nitrogens with zero attached hydrogens (tertiary/aromatic N) is 7. The minimum atomic E-state index is 0.613. The molecule has 0 unspecified atom stereocenters. The molecule has 2 aromatic heterocycles. The molecule has 0 aromatic carbocycles. The zero-order valence-electron chi connectivity index (χ0n) is 13.2. The van der Waals surface area contributed by atoms with Gasteiger partial charge in [-0.1, -0.05) is 0 Å². The van der Waals surface area contributed by atoms with E-state index in [1.165, 1.54) is 0 Å². The van der Waals surface area contributed by atoms with Crippen molar-refractivity contribution < 1.29 is 4.42 Å². The molecule has 0 aliphatic carbocycles. The molecule has 0 bridgehead atoms. The van der Waals surface area contributed by atoms with Crippen LogP contribution in [-0.2, 0) is 6.54 Å². The highest BCUT2D eigenvalue weighted by Gasteiger charge is 2.20. The van der Waals surface area contributed by atoms with Crippen LogP contribution in [0.2, 0.25) is 0 Å². The Morgan fingerprint density at radius 3 is 2.59 bits per heavy atom. The number of anilines is 2. The maximum atomic E-state index is 5.43. The van der Waals surface area contributed by atoms with Crippen molar-refractivity contribution in [2.45, 2.75) is 13.5 Å².